The fourth-order valence-corrected chi connectivity index (χ4v) is 3.72. The molecule has 0 aromatic heterocycles. The van der Waals surface area contributed by atoms with E-state index in [4.69, 9.17) is 4.74 Å². The smallest absolute Gasteiger partial charge is 0.338 e. The van der Waals surface area contributed by atoms with Crippen molar-refractivity contribution >= 4 is 23.5 Å². The summed E-state index contributed by atoms with van der Waals surface area (Å²) >= 11 is 0. The van der Waals surface area contributed by atoms with Gasteiger partial charge in [-0.2, -0.15) is 0 Å². The highest BCUT2D eigenvalue weighted by molar-refractivity contribution is 6.21. The number of likely N-dealkylation sites (tertiary alicyclic amines) is 1. The van der Waals surface area contributed by atoms with Gasteiger partial charge in [0.1, 0.15) is 0 Å². The Kier molecular flexibility index (Phi) is 6.04. The molecule has 26 heavy (non-hydrogen) atoms. The zero-order chi connectivity index (χ0) is 18.5. The van der Waals surface area contributed by atoms with Crippen LogP contribution in [0.15, 0.2) is 24.3 Å². The van der Waals surface area contributed by atoms with E-state index in [1.165, 1.54) is 16.2 Å². The molecule has 2 heterocycles. The Hall–Kier alpha value is -2.21. The molecule has 1 aromatic carbocycles. The van der Waals surface area contributed by atoms with Crippen LogP contribution in [0.3, 0.4) is 0 Å². The zero-order valence-electron chi connectivity index (χ0n) is 15.3. The van der Waals surface area contributed by atoms with Crippen LogP contribution in [0.4, 0.5) is 5.69 Å². The fourth-order valence-electron chi connectivity index (χ4n) is 3.72. The van der Waals surface area contributed by atoms with Gasteiger partial charge in [0.05, 0.1) is 37.4 Å². The number of ether oxygens (including phenoxy) is 1. The fraction of sp³-hybridized carbons (Fsp3) is 0.550. The first kappa shape index (κ1) is 18.6. The number of piperidine rings is 1. The number of quaternary nitrogens is 1. The topological polar surface area (TPSA) is 68.1 Å². The van der Waals surface area contributed by atoms with Gasteiger partial charge in [-0.3, -0.25) is 9.59 Å². The van der Waals surface area contributed by atoms with E-state index in [-0.39, 0.29) is 30.2 Å². The highest BCUT2D eigenvalue weighted by Gasteiger charge is 2.45. The molecule has 0 radical (unpaired) electrons. The van der Waals surface area contributed by atoms with Gasteiger partial charge in [-0.25, -0.2) is 9.69 Å². The number of imide groups is 1. The molecule has 0 saturated carbocycles. The Morgan fingerprint density at radius 1 is 1.15 bits per heavy atom. The van der Waals surface area contributed by atoms with E-state index in [9.17, 15) is 14.4 Å². The molecule has 2 saturated heterocycles. The van der Waals surface area contributed by atoms with Gasteiger partial charge in [0, 0.05) is 0 Å². The summed E-state index contributed by atoms with van der Waals surface area (Å²) in [5.41, 5.74) is 0.964. The standard InChI is InChI=1S/C20H26N2O4/c1-2-3-13-26-20(25)15-7-9-16(10-8-15)22-18(23)14-17(19(22)24)21-11-5-4-6-12-21/h7-10,17H,2-6,11-14H2,1H3/p+1/t17-/m1/s1. The van der Waals surface area contributed by atoms with Crippen LogP contribution in [0.1, 0.15) is 55.8 Å². The third-order valence-corrected chi connectivity index (χ3v) is 5.23. The number of rotatable bonds is 6. The van der Waals surface area contributed by atoms with Gasteiger partial charge in [-0.15, -0.1) is 0 Å². The Morgan fingerprint density at radius 3 is 2.50 bits per heavy atom. The van der Waals surface area contributed by atoms with E-state index < -0.39 is 0 Å². The van der Waals surface area contributed by atoms with Gasteiger partial charge in [-0.05, 0) is 49.9 Å². The number of esters is 1. The molecule has 1 aromatic rings. The minimum absolute atomic E-state index is 0.120. The van der Waals surface area contributed by atoms with E-state index in [0.717, 1.165) is 38.8 Å². The van der Waals surface area contributed by atoms with Gasteiger partial charge in [-0.1, -0.05) is 13.3 Å². The molecule has 2 aliphatic rings. The van der Waals surface area contributed by atoms with Crippen LogP contribution >= 0.6 is 0 Å². The van der Waals surface area contributed by atoms with E-state index in [1.54, 1.807) is 24.3 Å². The summed E-state index contributed by atoms with van der Waals surface area (Å²) < 4.78 is 5.18. The summed E-state index contributed by atoms with van der Waals surface area (Å²) in [6.07, 6.45) is 5.50. The minimum atomic E-state index is -0.375. The molecule has 6 heteroatoms. The average Bonchev–Trinajstić information content (AvgIpc) is 2.97. The maximum absolute atomic E-state index is 12.8. The van der Waals surface area contributed by atoms with E-state index in [2.05, 4.69) is 0 Å². The maximum atomic E-state index is 12.8. The molecule has 0 spiro atoms. The van der Waals surface area contributed by atoms with Crippen LogP contribution in [-0.2, 0) is 14.3 Å². The van der Waals surface area contributed by atoms with Crippen LogP contribution < -0.4 is 9.80 Å². The van der Waals surface area contributed by atoms with Crippen LogP contribution in [-0.4, -0.2) is 43.5 Å². The van der Waals surface area contributed by atoms with Crippen molar-refractivity contribution in [2.24, 2.45) is 0 Å². The molecule has 2 amide bonds. The summed E-state index contributed by atoms with van der Waals surface area (Å²) in [6.45, 7) is 4.35. The van der Waals surface area contributed by atoms with E-state index in [0.29, 0.717) is 17.9 Å². The number of benzene rings is 1. The third-order valence-electron chi connectivity index (χ3n) is 5.23. The molecule has 3 rings (SSSR count). The highest BCUT2D eigenvalue weighted by atomic mass is 16.5. The van der Waals surface area contributed by atoms with Crippen LogP contribution in [0, 0.1) is 0 Å². The first-order valence-electron chi connectivity index (χ1n) is 9.60. The van der Waals surface area contributed by atoms with Crippen molar-refractivity contribution in [1.29, 1.82) is 0 Å². The lowest BCUT2D eigenvalue weighted by molar-refractivity contribution is -0.919. The van der Waals surface area contributed by atoms with Crippen molar-refractivity contribution in [3.63, 3.8) is 0 Å². The minimum Gasteiger partial charge on any atom is -0.462 e. The Bertz CT molecular complexity index is 665. The lowest BCUT2D eigenvalue weighted by Gasteiger charge is -2.27. The summed E-state index contributed by atoms with van der Waals surface area (Å²) in [5.74, 6) is -0.652. The van der Waals surface area contributed by atoms with Crippen molar-refractivity contribution in [2.75, 3.05) is 24.6 Å². The Morgan fingerprint density at radius 2 is 1.85 bits per heavy atom. The molecule has 0 aliphatic carbocycles. The lowest BCUT2D eigenvalue weighted by atomic mass is 10.1. The number of unbranched alkanes of at least 4 members (excludes halogenated alkanes) is 1. The molecule has 2 aliphatic heterocycles. The first-order chi connectivity index (χ1) is 12.6. The summed E-state index contributed by atoms with van der Waals surface area (Å²) in [5, 5.41) is 0. The van der Waals surface area contributed by atoms with Gasteiger partial charge < -0.3 is 9.64 Å². The molecule has 6 nitrogen and oxygen atoms in total. The number of amides is 2. The quantitative estimate of drug-likeness (QED) is 0.473. The second kappa shape index (κ2) is 8.45. The number of nitrogens with one attached hydrogen (secondary N) is 1. The molecule has 0 bridgehead atoms. The largest absolute Gasteiger partial charge is 0.462 e. The number of hydrogen-bond donors (Lipinski definition) is 1. The predicted octanol–water partition coefficient (Wildman–Crippen LogP) is 1.34. The van der Waals surface area contributed by atoms with Gasteiger partial charge in [0.25, 0.3) is 5.91 Å². The molecule has 1 N–H and O–H groups in total. The summed E-state index contributed by atoms with van der Waals surface area (Å²) in [6, 6.07) is 6.28. The van der Waals surface area contributed by atoms with Crippen molar-refractivity contribution in [2.45, 2.75) is 51.5 Å². The Labute approximate surface area is 154 Å². The maximum Gasteiger partial charge on any atom is 0.338 e. The monoisotopic (exact) mass is 359 g/mol. The van der Waals surface area contributed by atoms with Crippen molar-refractivity contribution < 1.29 is 24.0 Å². The normalized spacial score (nSPS) is 21.3. The number of carbonyl (C=O) groups is 3. The SMILES string of the molecule is CCCCOC(=O)c1ccc(N2C(=O)C[C@@H]([NH+]3CCCCC3)C2=O)cc1. The van der Waals surface area contributed by atoms with Gasteiger partial charge in [0.2, 0.25) is 5.91 Å². The molecule has 0 unspecified atom stereocenters. The summed E-state index contributed by atoms with van der Waals surface area (Å²) in [4.78, 5) is 39.7. The first-order valence-corrected chi connectivity index (χ1v) is 9.60. The van der Waals surface area contributed by atoms with Gasteiger partial charge >= 0.3 is 5.97 Å². The van der Waals surface area contributed by atoms with Crippen molar-refractivity contribution in [3.05, 3.63) is 29.8 Å². The summed E-state index contributed by atoms with van der Waals surface area (Å²) in [7, 11) is 0. The molecular formula is C20H27N2O4+. The van der Waals surface area contributed by atoms with Gasteiger partial charge in [0.15, 0.2) is 6.04 Å². The van der Waals surface area contributed by atoms with Crippen LogP contribution in [0.2, 0.25) is 0 Å². The second-order valence-electron chi connectivity index (χ2n) is 7.08. The molecular weight excluding hydrogens is 332 g/mol. The van der Waals surface area contributed by atoms with Crippen LogP contribution in [0.5, 0.6) is 0 Å². The molecule has 140 valence electrons. The number of hydrogen-bond acceptors (Lipinski definition) is 4. The lowest BCUT2D eigenvalue weighted by Crippen LogP contribution is -3.17. The average molecular weight is 359 g/mol. The van der Waals surface area contributed by atoms with Crippen LogP contribution in [0.25, 0.3) is 0 Å². The number of anilines is 1. The number of nitrogens with zero attached hydrogens (tertiary/aromatic N) is 1. The number of carbonyl (C=O) groups excluding carboxylic acids is 3. The van der Waals surface area contributed by atoms with E-state index >= 15 is 0 Å². The zero-order valence-corrected chi connectivity index (χ0v) is 15.3. The molecule has 2 fully saturated rings. The highest BCUT2D eigenvalue weighted by Crippen LogP contribution is 2.23. The Balaban J connectivity index is 1.67. The predicted molar refractivity (Wildman–Crippen MR) is 97.1 cm³/mol. The third kappa shape index (κ3) is 3.96. The molecule has 1 atom stereocenters. The van der Waals surface area contributed by atoms with Crippen molar-refractivity contribution in [1.82, 2.24) is 0 Å². The van der Waals surface area contributed by atoms with Crippen molar-refractivity contribution in [3.8, 4) is 0 Å². The van der Waals surface area contributed by atoms with E-state index in [1.807, 2.05) is 6.92 Å². The second-order valence-corrected chi connectivity index (χ2v) is 7.08.